The van der Waals surface area contributed by atoms with Gasteiger partial charge in [0.2, 0.25) is 0 Å². The van der Waals surface area contributed by atoms with Gasteiger partial charge in [-0.2, -0.15) is 5.10 Å². The SMILES string of the molecule is CC(Sc1nnc(CNc2ccc(I)cc2)n1-c1ccccc1)C(=O)NN=Cc1ccc(F)cc1. The van der Waals surface area contributed by atoms with Gasteiger partial charge in [0.15, 0.2) is 11.0 Å². The lowest BCUT2D eigenvalue weighted by molar-refractivity contribution is -0.120. The molecule has 1 aromatic heterocycles. The Morgan fingerprint density at radius 2 is 1.80 bits per heavy atom. The summed E-state index contributed by atoms with van der Waals surface area (Å²) >= 11 is 3.56. The van der Waals surface area contributed by atoms with Gasteiger partial charge in [0.05, 0.1) is 18.0 Å². The molecule has 1 atom stereocenters. The number of amides is 1. The van der Waals surface area contributed by atoms with Gasteiger partial charge in [0.1, 0.15) is 5.82 Å². The lowest BCUT2D eigenvalue weighted by atomic mass is 10.2. The monoisotopic (exact) mass is 600 g/mol. The largest absolute Gasteiger partial charge is 0.378 e. The molecule has 1 unspecified atom stereocenters. The average molecular weight is 600 g/mol. The van der Waals surface area contributed by atoms with Crippen LogP contribution in [-0.2, 0) is 11.3 Å². The number of nitrogens with one attached hydrogen (secondary N) is 2. The number of aromatic nitrogens is 3. The van der Waals surface area contributed by atoms with Crippen molar-refractivity contribution in [1.29, 1.82) is 0 Å². The van der Waals surface area contributed by atoms with Crippen LogP contribution in [-0.4, -0.2) is 32.1 Å². The first-order valence-electron chi connectivity index (χ1n) is 10.7. The van der Waals surface area contributed by atoms with E-state index in [0.717, 1.165) is 20.8 Å². The number of benzene rings is 3. The van der Waals surface area contributed by atoms with Crippen molar-refractivity contribution in [2.75, 3.05) is 5.32 Å². The van der Waals surface area contributed by atoms with E-state index in [1.165, 1.54) is 30.1 Å². The highest BCUT2D eigenvalue weighted by Crippen LogP contribution is 2.26. The third-order valence-electron chi connectivity index (χ3n) is 4.92. The highest BCUT2D eigenvalue weighted by Gasteiger charge is 2.21. The van der Waals surface area contributed by atoms with Crippen molar-refractivity contribution in [2.45, 2.75) is 23.9 Å². The van der Waals surface area contributed by atoms with Crippen molar-refractivity contribution >= 4 is 52.2 Å². The second-order valence-electron chi connectivity index (χ2n) is 7.48. The number of para-hydroxylation sites is 1. The summed E-state index contributed by atoms with van der Waals surface area (Å²) in [7, 11) is 0. The van der Waals surface area contributed by atoms with Crippen LogP contribution < -0.4 is 10.7 Å². The highest BCUT2D eigenvalue weighted by atomic mass is 127. The second kappa shape index (κ2) is 11.9. The van der Waals surface area contributed by atoms with Crippen molar-refractivity contribution in [3.63, 3.8) is 0 Å². The molecule has 0 aliphatic rings. The molecule has 0 aliphatic heterocycles. The van der Waals surface area contributed by atoms with Gasteiger partial charge in [-0.3, -0.25) is 9.36 Å². The van der Waals surface area contributed by atoms with Crippen LogP contribution in [0.3, 0.4) is 0 Å². The Hall–Kier alpha value is -3.25. The zero-order valence-corrected chi connectivity index (χ0v) is 21.7. The Labute approximate surface area is 220 Å². The zero-order valence-electron chi connectivity index (χ0n) is 18.7. The quantitative estimate of drug-likeness (QED) is 0.119. The molecule has 1 amide bonds. The minimum atomic E-state index is -0.482. The number of rotatable bonds is 9. The fourth-order valence-electron chi connectivity index (χ4n) is 3.10. The predicted octanol–water partition coefficient (Wildman–Crippen LogP) is 5.25. The molecule has 0 aliphatic carbocycles. The molecule has 0 radical (unpaired) electrons. The Morgan fingerprint density at radius 3 is 2.51 bits per heavy atom. The average Bonchev–Trinajstić information content (AvgIpc) is 3.27. The van der Waals surface area contributed by atoms with Crippen LogP contribution in [0, 0.1) is 9.39 Å². The van der Waals surface area contributed by atoms with Crippen LogP contribution in [0.25, 0.3) is 5.69 Å². The zero-order chi connectivity index (χ0) is 24.6. The molecule has 1 heterocycles. The van der Waals surface area contributed by atoms with E-state index >= 15 is 0 Å². The summed E-state index contributed by atoms with van der Waals surface area (Å²) in [6, 6.07) is 23.7. The molecule has 4 aromatic rings. The number of halogens is 2. The van der Waals surface area contributed by atoms with E-state index in [1.807, 2.05) is 59.2 Å². The molecule has 3 aromatic carbocycles. The number of hydrogen-bond acceptors (Lipinski definition) is 6. The normalized spacial score (nSPS) is 12.0. The van der Waals surface area contributed by atoms with Crippen LogP contribution in [0.4, 0.5) is 10.1 Å². The number of anilines is 1. The molecule has 2 N–H and O–H groups in total. The standard InChI is InChI=1S/C25H22FIN6OS/c1-17(24(34)31-29-15-18-7-9-19(26)10-8-18)35-25-32-30-23(33(25)22-5-3-2-4-6-22)16-28-21-13-11-20(27)12-14-21/h2-15,17,28H,16H2,1H3,(H,31,34). The summed E-state index contributed by atoms with van der Waals surface area (Å²) in [6.07, 6.45) is 1.47. The summed E-state index contributed by atoms with van der Waals surface area (Å²) in [6.45, 7) is 2.24. The lowest BCUT2D eigenvalue weighted by Crippen LogP contribution is -2.27. The first kappa shape index (κ1) is 24.9. The molecular formula is C25H22FIN6OS. The maximum absolute atomic E-state index is 13.0. The van der Waals surface area contributed by atoms with Gasteiger partial charge in [-0.05, 0) is 83.6 Å². The first-order valence-corrected chi connectivity index (χ1v) is 12.7. The van der Waals surface area contributed by atoms with Crippen molar-refractivity contribution in [3.8, 4) is 5.69 Å². The third kappa shape index (κ3) is 6.89. The van der Waals surface area contributed by atoms with Crippen LogP contribution in [0.15, 0.2) is 89.1 Å². The van der Waals surface area contributed by atoms with E-state index in [-0.39, 0.29) is 11.7 Å². The molecule has 0 fully saturated rings. The molecular weight excluding hydrogens is 578 g/mol. The maximum atomic E-state index is 13.0. The number of thioether (sulfide) groups is 1. The molecule has 178 valence electrons. The van der Waals surface area contributed by atoms with Gasteiger partial charge < -0.3 is 5.32 Å². The molecule has 0 saturated carbocycles. The minimum absolute atomic E-state index is 0.283. The van der Waals surface area contributed by atoms with Crippen molar-refractivity contribution in [1.82, 2.24) is 20.2 Å². The second-order valence-corrected chi connectivity index (χ2v) is 10.0. The molecule has 4 rings (SSSR count). The third-order valence-corrected chi connectivity index (χ3v) is 6.68. The van der Waals surface area contributed by atoms with Crippen LogP contribution in [0.5, 0.6) is 0 Å². The summed E-state index contributed by atoms with van der Waals surface area (Å²) in [4.78, 5) is 12.6. The first-order chi connectivity index (χ1) is 17.0. The molecule has 7 nitrogen and oxygen atoms in total. The van der Waals surface area contributed by atoms with E-state index in [9.17, 15) is 9.18 Å². The van der Waals surface area contributed by atoms with Gasteiger partial charge in [0, 0.05) is 14.9 Å². The maximum Gasteiger partial charge on any atom is 0.253 e. The van der Waals surface area contributed by atoms with Crippen LogP contribution >= 0.6 is 34.4 Å². The van der Waals surface area contributed by atoms with Gasteiger partial charge in [0.25, 0.3) is 5.91 Å². The Balaban J connectivity index is 1.46. The molecule has 0 saturated heterocycles. The number of nitrogens with zero attached hydrogens (tertiary/aromatic N) is 4. The van der Waals surface area contributed by atoms with Gasteiger partial charge in [-0.1, -0.05) is 42.1 Å². The topological polar surface area (TPSA) is 84.2 Å². The van der Waals surface area contributed by atoms with Crippen LogP contribution in [0.1, 0.15) is 18.3 Å². The summed E-state index contributed by atoms with van der Waals surface area (Å²) in [5, 5.41) is 16.2. The fraction of sp³-hybridized carbons (Fsp3) is 0.120. The van der Waals surface area contributed by atoms with Crippen molar-refractivity contribution in [3.05, 3.63) is 99.6 Å². The van der Waals surface area contributed by atoms with Crippen LogP contribution in [0.2, 0.25) is 0 Å². The van der Waals surface area contributed by atoms with E-state index < -0.39 is 5.25 Å². The van der Waals surface area contributed by atoms with E-state index in [0.29, 0.717) is 17.3 Å². The van der Waals surface area contributed by atoms with Gasteiger partial charge in [-0.25, -0.2) is 9.82 Å². The number of carbonyl (C=O) groups is 1. The number of hydrogen-bond donors (Lipinski definition) is 2. The van der Waals surface area contributed by atoms with E-state index in [4.69, 9.17) is 0 Å². The summed E-state index contributed by atoms with van der Waals surface area (Å²) in [5.41, 5.74) is 5.09. The van der Waals surface area contributed by atoms with Crippen molar-refractivity contribution < 1.29 is 9.18 Å². The molecule has 35 heavy (non-hydrogen) atoms. The summed E-state index contributed by atoms with van der Waals surface area (Å²) < 4.78 is 16.1. The minimum Gasteiger partial charge on any atom is -0.378 e. The van der Waals surface area contributed by atoms with E-state index in [1.54, 1.807) is 19.1 Å². The van der Waals surface area contributed by atoms with E-state index in [2.05, 4.69) is 48.6 Å². The molecule has 0 spiro atoms. The van der Waals surface area contributed by atoms with Gasteiger partial charge in [-0.15, -0.1) is 10.2 Å². The molecule has 10 heteroatoms. The Kier molecular flexibility index (Phi) is 8.48. The Bertz CT molecular complexity index is 1300. The smallest absolute Gasteiger partial charge is 0.253 e. The van der Waals surface area contributed by atoms with Crippen molar-refractivity contribution in [2.24, 2.45) is 5.10 Å². The lowest BCUT2D eigenvalue weighted by Gasteiger charge is -2.13. The highest BCUT2D eigenvalue weighted by molar-refractivity contribution is 14.1. The number of carbonyl (C=O) groups excluding carboxylic acids is 1. The Morgan fingerprint density at radius 1 is 1.09 bits per heavy atom. The fourth-order valence-corrected chi connectivity index (χ4v) is 4.34. The molecule has 0 bridgehead atoms. The summed E-state index contributed by atoms with van der Waals surface area (Å²) in [5.74, 6) is 0.112. The number of hydrazone groups is 1. The predicted molar refractivity (Wildman–Crippen MR) is 145 cm³/mol. The van der Waals surface area contributed by atoms with Gasteiger partial charge >= 0.3 is 0 Å².